The molecule has 1 heterocycles. The number of thioether (sulfide) groups is 1. The van der Waals surface area contributed by atoms with Crippen LogP contribution in [-0.2, 0) is 9.53 Å². The summed E-state index contributed by atoms with van der Waals surface area (Å²) in [5.41, 5.74) is 3.42. The maximum atomic E-state index is 11.9. The van der Waals surface area contributed by atoms with Gasteiger partial charge < -0.3 is 15.0 Å². The molecular formula is C17H26N2O2S. The van der Waals surface area contributed by atoms with E-state index < -0.39 is 0 Å². The summed E-state index contributed by atoms with van der Waals surface area (Å²) in [4.78, 5) is 14.3. The quantitative estimate of drug-likeness (QED) is 0.844. The molecule has 22 heavy (non-hydrogen) atoms. The summed E-state index contributed by atoms with van der Waals surface area (Å²) in [7, 11) is 1.43. The number of carbonyl (C=O) groups excluding carboxylic acids is 1. The molecule has 5 heteroatoms. The Morgan fingerprint density at radius 2 is 2.00 bits per heavy atom. The Morgan fingerprint density at radius 3 is 2.55 bits per heavy atom. The Morgan fingerprint density at radius 1 is 1.32 bits per heavy atom. The van der Waals surface area contributed by atoms with Gasteiger partial charge in [0.05, 0.1) is 7.11 Å². The molecule has 0 spiro atoms. The zero-order chi connectivity index (χ0) is 16.1. The largest absolute Gasteiger partial charge is 0.467 e. The number of carbonyl (C=O) groups is 1. The van der Waals surface area contributed by atoms with Gasteiger partial charge in [-0.05, 0) is 36.6 Å². The summed E-state index contributed by atoms with van der Waals surface area (Å²) in [6, 6.07) is 6.10. The lowest BCUT2D eigenvalue weighted by Crippen LogP contribution is -2.36. The monoisotopic (exact) mass is 322 g/mol. The van der Waals surface area contributed by atoms with Gasteiger partial charge in [-0.25, -0.2) is 4.79 Å². The number of rotatable bonds is 5. The fourth-order valence-electron chi connectivity index (χ4n) is 2.62. The van der Waals surface area contributed by atoms with Gasteiger partial charge in [-0.1, -0.05) is 13.8 Å². The standard InChI is InChI=1S/C17H26N2O2S/c1-12(2)16(17(20)21-4)18-15-6-5-14(11-13(15)3)19-7-9-22-10-8-19/h5-6,11-12,16,18H,7-10H2,1-4H3. The van der Waals surface area contributed by atoms with Crippen LogP contribution in [-0.4, -0.2) is 43.7 Å². The molecule has 1 aromatic carbocycles. The first-order valence-corrected chi connectivity index (χ1v) is 8.96. The van der Waals surface area contributed by atoms with Gasteiger partial charge in [0.1, 0.15) is 6.04 Å². The number of nitrogens with zero attached hydrogens (tertiary/aromatic N) is 1. The minimum Gasteiger partial charge on any atom is -0.467 e. The number of aryl methyl sites for hydroxylation is 1. The summed E-state index contributed by atoms with van der Waals surface area (Å²) in [6.45, 7) is 8.33. The van der Waals surface area contributed by atoms with E-state index in [-0.39, 0.29) is 17.9 Å². The normalized spacial score (nSPS) is 16.5. The van der Waals surface area contributed by atoms with Crippen LogP contribution in [0.2, 0.25) is 0 Å². The molecule has 0 amide bonds. The Labute approximate surface area is 137 Å². The van der Waals surface area contributed by atoms with Crippen molar-refractivity contribution < 1.29 is 9.53 Å². The van der Waals surface area contributed by atoms with Crippen LogP contribution in [0.15, 0.2) is 18.2 Å². The smallest absolute Gasteiger partial charge is 0.328 e. The van der Waals surface area contributed by atoms with Crippen LogP contribution >= 0.6 is 11.8 Å². The third-order valence-corrected chi connectivity index (χ3v) is 4.96. The van der Waals surface area contributed by atoms with Crippen molar-refractivity contribution >= 4 is 29.1 Å². The summed E-state index contributed by atoms with van der Waals surface area (Å²) < 4.78 is 4.89. The van der Waals surface area contributed by atoms with Gasteiger partial charge in [0, 0.05) is 36.0 Å². The number of methoxy groups -OCH3 is 1. The van der Waals surface area contributed by atoms with Crippen LogP contribution in [0.1, 0.15) is 19.4 Å². The minimum atomic E-state index is -0.319. The number of hydrogen-bond acceptors (Lipinski definition) is 5. The fourth-order valence-corrected chi connectivity index (χ4v) is 3.52. The molecule has 4 nitrogen and oxygen atoms in total. The van der Waals surface area contributed by atoms with Gasteiger partial charge in [0.15, 0.2) is 0 Å². The van der Waals surface area contributed by atoms with Crippen molar-refractivity contribution in [3.05, 3.63) is 23.8 Å². The molecule has 1 aliphatic heterocycles. The molecule has 122 valence electrons. The second kappa shape index (κ2) is 7.77. The Hall–Kier alpha value is -1.36. The van der Waals surface area contributed by atoms with Crippen molar-refractivity contribution in [2.75, 3.05) is 41.9 Å². The van der Waals surface area contributed by atoms with Crippen LogP contribution in [0.4, 0.5) is 11.4 Å². The Kier molecular flexibility index (Phi) is 6.00. The molecule has 1 saturated heterocycles. The molecule has 1 N–H and O–H groups in total. The first kappa shape index (κ1) is 17.0. The number of ether oxygens (including phenoxy) is 1. The van der Waals surface area contributed by atoms with Crippen molar-refractivity contribution in [1.82, 2.24) is 0 Å². The predicted octanol–water partition coefficient (Wildman–Crippen LogP) is 3.16. The van der Waals surface area contributed by atoms with Crippen LogP contribution in [0.5, 0.6) is 0 Å². The summed E-state index contributed by atoms with van der Waals surface area (Å²) in [5, 5.41) is 3.33. The van der Waals surface area contributed by atoms with E-state index in [9.17, 15) is 4.79 Å². The van der Waals surface area contributed by atoms with Crippen LogP contribution in [0.3, 0.4) is 0 Å². The van der Waals surface area contributed by atoms with Crippen molar-refractivity contribution in [2.45, 2.75) is 26.8 Å². The van der Waals surface area contributed by atoms with E-state index in [1.807, 2.05) is 25.6 Å². The lowest BCUT2D eigenvalue weighted by atomic mass is 10.0. The zero-order valence-electron chi connectivity index (χ0n) is 13.9. The van der Waals surface area contributed by atoms with Crippen LogP contribution < -0.4 is 10.2 Å². The molecule has 0 bridgehead atoms. The third kappa shape index (κ3) is 4.09. The number of hydrogen-bond donors (Lipinski definition) is 1. The van der Waals surface area contributed by atoms with E-state index in [2.05, 4.69) is 35.3 Å². The molecule has 2 rings (SSSR count). The number of anilines is 2. The first-order valence-electron chi connectivity index (χ1n) is 7.80. The second-order valence-electron chi connectivity index (χ2n) is 5.99. The van der Waals surface area contributed by atoms with Gasteiger partial charge >= 0.3 is 5.97 Å². The maximum absolute atomic E-state index is 11.9. The van der Waals surface area contributed by atoms with Crippen LogP contribution in [0.25, 0.3) is 0 Å². The van der Waals surface area contributed by atoms with Gasteiger partial charge in [0.2, 0.25) is 0 Å². The van der Waals surface area contributed by atoms with E-state index in [4.69, 9.17) is 4.74 Å². The summed E-state index contributed by atoms with van der Waals surface area (Å²) >= 11 is 2.01. The number of benzene rings is 1. The molecular weight excluding hydrogens is 296 g/mol. The van der Waals surface area contributed by atoms with E-state index >= 15 is 0 Å². The second-order valence-corrected chi connectivity index (χ2v) is 7.21. The van der Waals surface area contributed by atoms with E-state index in [0.717, 1.165) is 24.3 Å². The SMILES string of the molecule is COC(=O)C(Nc1ccc(N2CCSCC2)cc1C)C(C)C. The maximum Gasteiger partial charge on any atom is 0.328 e. The molecule has 1 unspecified atom stereocenters. The highest BCUT2D eigenvalue weighted by Crippen LogP contribution is 2.26. The van der Waals surface area contributed by atoms with E-state index in [0.29, 0.717) is 0 Å². The Balaban J connectivity index is 2.13. The first-order chi connectivity index (χ1) is 10.5. The molecule has 1 aromatic rings. The molecule has 0 radical (unpaired) electrons. The molecule has 0 aliphatic carbocycles. The van der Waals surface area contributed by atoms with Crippen molar-refractivity contribution in [2.24, 2.45) is 5.92 Å². The van der Waals surface area contributed by atoms with E-state index in [1.165, 1.54) is 24.3 Å². The van der Waals surface area contributed by atoms with E-state index in [1.54, 1.807) is 0 Å². The van der Waals surface area contributed by atoms with Crippen molar-refractivity contribution in [3.8, 4) is 0 Å². The van der Waals surface area contributed by atoms with Crippen molar-refractivity contribution in [3.63, 3.8) is 0 Å². The zero-order valence-corrected chi connectivity index (χ0v) is 14.7. The Bertz CT molecular complexity index is 513. The minimum absolute atomic E-state index is 0.172. The lowest BCUT2D eigenvalue weighted by Gasteiger charge is -2.29. The van der Waals surface area contributed by atoms with Gasteiger partial charge in [-0.2, -0.15) is 11.8 Å². The topological polar surface area (TPSA) is 41.6 Å². The summed E-state index contributed by atoms with van der Waals surface area (Å²) in [5.74, 6) is 2.34. The average Bonchev–Trinajstić information content (AvgIpc) is 2.53. The average molecular weight is 322 g/mol. The molecule has 1 atom stereocenters. The highest BCUT2D eigenvalue weighted by molar-refractivity contribution is 7.99. The molecule has 1 fully saturated rings. The predicted molar refractivity (Wildman–Crippen MR) is 95.0 cm³/mol. The fraction of sp³-hybridized carbons (Fsp3) is 0.588. The number of esters is 1. The molecule has 0 saturated carbocycles. The van der Waals surface area contributed by atoms with Gasteiger partial charge in [0.25, 0.3) is 0 Å². The molecule has 1 aliphatic rings. The third-order valence-electron chi connectivity index (χ3n) is 4.02. The van der Waals surface area contributed by atoms with Gasteiger partial charge in [-0.3, -0.25) is 0 Å². The lowest BCUT2D eigenvalue weighted by molar-refractivity contribution is -0.142. The highest BCUT2D eigenvalue weighted by Gasteiger charge is 2.23. The van der Waals surface area contributed by atoms with Crippen molar-refractivity contribution in [1.29, 1.82) is 0 Å². The van der Waals surface area contributed by atoms with Gasteiger partial charge in [-0.15, -0.1) is 0 Å². The highest BCUT2D eigenvalue weighted by atomic mass is 32.2. The molecule has 0 aromatic heterocycles. The number of nitrogens with one attached hydrogen (secondary N) is 1. The summed E-state index contributed by atoms with van der Waals surface area (Å²) in [6.07, 6.45) is 0. The van der Waals surface area contributed by atoms with Crippen LogP contribution in [0, 0.1) is 12.8 Å².